The number of aryl methyl sites for hydroxylation is 1. The molecule has 1 atom stereocenters. The highest BCUT2D eigenvalue weighted by atomic mass is 35.5. The molecule has 1 aliphatic rings. The van der Waals surface area contributed by atoms with Crippen LogP contribution in [-0.4, -0.2) is 34.4 Å². The molecular formula is C20H19ClFN3O4S. The Morgan fingerprint density at radius 1 is 1.33 bits per heavy atom. The van der Waals surface area contributed by atoms with Crippen LogP contribution >= 0.6 is 22.9 Å². The SMILES string of the molecule is CCOC(=O)OC1=C(C)N(C(C)=O)C(c2csc(C)n2)=NC1c1ccc(F)cc1Cl. The van der Waals surface area contributed by atoms with Crippen molar-refractivity contribution in [3.63, 3.8) is 0 Å². The molecule has 1 aromatic carbocycles. The summed E-state index contributed by atoms with van der Waals surface area (Å²) in [4.78, 5) is 34.9. The third kappa shape index (κ3) is 4.36. The molecular weight excluding hydrogens is 433 g/mol. The molecule has 0 radical (unpaired) electrons. The van der Waals surface area contributed by atoms with Crippen LogP contribution in [0.4, 0.5) is 9.18 Å². The average Bonchev–Trinajstić information content (AvgIpc) is 3.09. The number of hydrogen-bond acceptors (Lipinski definition) is 7. The highest BCUT2D eigenvalue weighted by molar-refractivity contribution is 7.09. The number of carbonyl (C=O) groups excluding carboxylic acids is 2. The standard InChI is InChI=1S/C20H19ClFN3O4S/c1-5-28-20(27)29-18-10(2)25(12(4)26)19(16-9-30-11(3)23-16)24-17(18)14-7-6-13(22)8-15(14)21/h6-9,17H,5H2,1-4H3. The summed E-state index contributed by atoms with van der Waals surface area (Å²) in [6, 6.07) is 2.93. The first-order chi connectivity index (χ1) is 14.2. The quantitative estimate of drug-likeness (QED) is 0.611. The molecule has 1 unspecified atom stereocenters. The minimum absolute atomic E-state index is 0.0628. The Labute approximate surface area is 181 Å². The molecule has 2 heterocycles. The molecule has 1 aromatic heterocycles. The Morgan fingerprint density at radius 2 is 2.07 bits per heavy atom. The third-order valence-corrected chi connectivity index (χ3v) is 5.38. The van der Waals surface area contributed by atoms with Crippen molar-refractivity contribution in [3.8, 4) is 0 Å². The van der Waals surface area contributed by atoms with Gasteiger partial charge in [-0.3, -0.25) is 9.69 Å². The summed E-state index contributed by atoms with van der Waals surface area (Å²) in [5.74, 6) is -0.512. The van der Waals surface area contributed by atoms with Gasteiger partial charge in [-0.1, -0.05) is 17.7 Å². The fourth-order valence-electron chi connectivity index (χ4n) is 3.04. The molecule has 0 fully saturated rings. The predicted molar refractivity (Wildman–Crippen MR) is 111 cm³/mol. The first-order valence-electron chi connectivity index (χ1n) is 9.04. The Bertz CT molecular complexity index is 1070. The van der Waals surface area contributed by atoms with Crippen LogP contribution in [0.1, 0.15) is 43.1 Å². The van der Waals surface area contributed by atoms with E-state index in [1.807, 2.05) is 6.92 Å². The molecule has 3 rings (SSSR count). The van der Waals surface area contributed by atoms with Gasteiger partial charge in [0, 0.05) is 22.9 Å². The minimum atomic E-state index is -0.943. The number of halogens is 2. The lowest BCUT2D eigenvalue weighted by Crippen LogP contribution is -2.39. The van der Waals surface area contributed by atoms with Crippen molar-refractivity contribution in [2.24, 2.45) is 4.99 Å². The molecule has 10 heteroatoms. The maximum absolute atomic E-state index is 13.6. The lowest BCUT2D eigenvalue weighted by atomic mass is 10.0. The van der Waals surface area contributed by atoms with Gasteiger partial charge in [-0.15, -0.1) is 11.3 Å². The predicted octanol–water partition coefficient (Wildman–Crippen LogP) is 5.00. The lowest BCUT2D eigenvalue weighted by Gasteiger charge is -2.32. The molecule has 0 saturated carbocycles. The van der Waals surface area contributed by atoms with Crippen LogP contribution in [0.15, 0.2) is 40.0 Å². The topological polar surface area (TPSA) is 81.1 Å². The van der Waals surface area contributed by atoms with Gasteiger partial charge in [0.15, 0.2) is 11.6 Å². The van der Waals surface area contributed by atoms with Crippen molar-refractivity contribution in [1.29, 1.82) is 0 Å². The zero-order valence-electron chi connectivity index (χ0n) is 16.7. The third-order valence-electron chi connectivity index (χ3n) is 4.28. The van der Waals surface area contributed by atoms with Crippen LogP contribution in [0.2, 0.25) is 5.02 Å². The van der Waals surface area contributed by atoms with Crippen LogP contribution in [0.5, 0.6) is 0 Å². The minimum Gasteiger partial charge on any atom is -0.434 e. The lowest BCUT2D eigenvalue weighted by molar-refractivity contribution is -0.124. The second kappa shape index (κ2) is 8.93. The van der Waals surface area contributed by atoms with Crippen molar-refractivity contribution in [3.05, 3.63) is 62.1 Å². The highest BCUT2D eigenvalue weighted by Gasteiger charge is 2.36. The molecule has 158 valence electrons. The first-order valence-corrected chi connectivity index (χ1v) is 10.3. The molecule has 0 saturated heterocycles. The Kier molecular flexibility index (Phi) is 6.52. The summed E-state index contributed by atoms with van der Waals surface area (Å²) in [6.07, 6.45) is -0.943. The Morgan fingerprint density at radius 3 is 2.63 bits per heavy atom. The molecule has 30 heavy (non-hydrogen) atoms. The summed E-state index contributed by atoms with van der Waals surface area (Å²) in [7, 11) is 0. The second-order valence-electron chi connectivity index (χ2n) is 6.36. The number of benzene rings is 1. The maximum Gasteiger partial charge on any atom is 0.513 e. The largest absolute Gasteiger partial charge is 0.513 e. The number of nitrogens with zero attached hydrogens (tertiary/aromatic N) is 3. The van der Waals surface area contributed by atoms with Crippen LogP contribution in [0.3, 0.4) is 0 Å². The van der Waals surface area contributed by atoms with Crippen molar-refractivity contribution >= 4 is 40.8 Å². The van der Waals surface area contributed by atoms with E-state index < -0.39 is 18.0 Å². The summed E-state index contributed by atoms with van der Waals surface area (Å²) in [5, 5.41) is 2.67. The number of amides is 1. The van der Waals surface area contributed by atoms with E-state index in [0.29, 0.717) is 17.0 Å². The van der Waals surface area contributed by atoms with Gasteiger partial charge in [0.1, 0.15) is 17.6 Å². The molecule has 0 aliphatic carbocycles. The van der Waals surface area contributed by atoms with E-state index in [-0.39, 0.29) is 29.1 Å². The van der Waals surface area contributed by atoms with Crippen LogP contribution in [-0.2, 0) is 14.3 Å². The van der Waals surface area contributed by atoms with E-state index in [2.05, 4.69) is 9.98 Å². The van der Waals surface area contributed by atoms with Gasteiger partial charge in [0.25, 0.3) is 0 Å². The summed E-state index contributed by atoms with van der Waals surface area (Å²) in [6.45, 7) is 6.57. The monoisotopic (exact) mass is 451 g/mol. The number of aromatic nitrogens is 1. The van der Waals surface area contributed by atoms with Crippen molar-refractivity contribution in [2.75, 3.05) is 6.61 Å². The molecule has 0 spiro atoms. The highest BCUT2D eigenvalue weighted by Crippen LogP contribution is 2.39. The molecule has 7 nitrogen and oxygen atoms in total. The van der Waals surface area contributed by atoms with Crippen LogP contribution in [0, 0.1) is 12.7 Å². The first kappa shape index (κ1) is 21.9. The smallest absolute Gasteiger partial charge is 0.434 e. The van der Waals surface area contributed by atoms with Crippen molar-refractivity contribution in [1.82, 2.24) is 9.88 Å². The van der Waals surface area contributed by atoms with E-state index in [9.17, 15) is 14.0 Å². The molecule has 0 bridgehead atoms. The zero-order valence-corrected chi connectivity index (χ0v) is 18.3. The van der Waals surface area contributed by atoms with E-state index in [1.165, 1.54) is 35.3 Å². The van der Waals surface area contributed by atoms with E-state index >= 15 is 0 Å². The molecule has 1 aliphatic heterocycles. The van der Waals surface area contributed by atoms with Gasteiger partial charge in [0.05, 0.1) is 17.3 Å². The Balaban J connectivity index is 2.20. The average molecular weight is 452 g/mol. The number of thiazole rings is 1. The summed E-state index contributed by atoms with van der Waals surface area (Å²) in [5.41, 5.74) is 1.23. The number of ether oxygens (including phenoxy) is 2. The number of carbonyl (C=O) groups is 2. The number of rotatable bonds is 4. The number of aliphatic imine (C=N–C) groups is 1. The van der Waals surface area contributed by atoms with Gasteiger partial charge in [0.2, 0.25) is 5.91 Å². The molecule has 1 amide bonds. The van der Waals surface area contributed by atoms with Crippen LogP contribution < -0.4 is 0 Å². The van der Waals surface area contributed by atoms with E-state index in [0.717, 1.165) is 11.1 Å². The molecule has 0 N–H and O–H groups in total. The summed E-state index contributed by atoms with van der Waals surface area (Å²) >= 11 is 7.68. The van der Waals surface area contributed by atoms with Gasteiger partial charge in [-0.25, -0.2) is 19.2 Å². The Hall–Kier alpha value is -2.78. The number of allylic oxidation sites excluding steroid dienone is 1. The van der Waals surface area contributed by atoms with Gasteiger partial charge in [-0.05, 0) is 32.9 Å². The van der Waals surface area contributed by atoms with Gasteiger partial charge >= 0.3 is 6.16 Å². The fraction of sp³-hybridized carbons (Fsp3) is 0.300. The maximum atomic E-state index is 13.6. The number of amidine groups is 1. The summed E-state index contributed by atoms with van der Waals surface area (Å²) < 4.78 is 23.9. The second-order valence-corrected chi connectivity index (χ2v) is 7.83. The van der Waals surface area contributed by atoms with E-state index in [1.54, 1.807) is 19.2 Å². The zero-order chi connectivity index (χ0) is 22.0. The van der Waals surface area contributed by atoms with Crippen molar-refractivity contribution < 1.29 is 23.5 Å². The van der Waals surface area contributed by atoms with Crippen LogP contribution in [0.25, 0.3) is 0 Å². The normalized spacial score (nSPS) is 16.4. The van der Waals surface area contributed by atoms with Crippen molar-refractivity contribution in [2.45, 2.75) is 33.7 Å². The fourth-order valence-corrected chi connectivity index (χ4v) is 3.90. The number of hydrogen-bond donors (Lipinski definition) is 0. The molecule has 2 aromatic rings. The van der Waals surface area contributed by atoms with E-state index in [4.69, 9.17) is 21.1 Å². The van der Waals surface area contributed by atoms with Gasteiger partial charge < -0.3 is 9.47 Å². The van der Waals surface area contributed by atoms with Gasteiger partial charge in [-0.2, -0.15) is 0 Å².